The third-order valence-electron chi connectivity index (χ3n) is 6.82. The van der Waals surface area contributed by atoms with Crippen molar-refractivity contribution in [1.29, 1.82) is 0 Å². The number of benzene rings is 2. The Kier molecular flexibility index (Phi) is 8.07. The Balaban J connectivity index is 1.57. The maximum absolute atomic E-state index is 13.5. The van der Waals surface area contributed by atoms with Crippen molar-refractivity contribution >= 4 is 40.5 Å². The Hall–Kier alpha value is -3.52. The molecule has 1 fully saturated rings. The zero-order valence-corrected chi connectivity index (χ0v) is 22.0. The Morgan fingerprint density at radius 1 is 1.00 bits per heavy atom. The summed E-state index contributed by atoms with van der Waals surface area (Å²) in [5.41, 5.74) is 2.10. The van der Waals surface area contributed by atoms with Crippen LogP contribution in [0.5, 0.6) is 0 Å². The van der Waals surface area contributed by atoms with Crippen LogP contribution in [0.25, 0.3) is 10.4 Å². The van der Waals surface area contributed by atoms with Crippen LogP contribution < -0.4 is 10.2 Å². The SMILES string of the molecule is CC1CCC(C(=O)N(c2cc(-c3ccc(NC(=O)c4ccc(F)cc4)cc3)sc2C(=O)O)C(C)C)CC1. The van der Waals surface area contributed by atoms with E-state index < -0.39 is 11.8 Å². The average molecular weight is 523 g/mol. The number of nitrogens with zero attached hydrogens (tertiary/aromatic N) is 1. The van der Waals surface area contributed by atoms with Gasteiger partial charge in [0.15, 0.2) is 0 Å². The lowest BCUT2D eigenvalue weighted by molar-refractivity contribution is -0.123. The molecule has 2 amide bonds. The van der Waals surface area contributed by atoms with Gasteiger partial charge in [0.2, 0.25) is 5.91 Å². The van der Waals surface area contributed by atoms with Gasteiger partial charge >= 0.3 is 5.97 Å². The number of carboxylic acids is 1. The molecule has 1 saturated carbocycles. The zero-order valence-electron chi connectivity index (χ0n) is 21.2. The molecule has 0 saturated heterocycles. The minimum absolute atomic E-state index is 0.00685. The van der Waals surface area contributed by atoms with Gasteiger partial charge in [0.05, 0.1) is 5.69 Å². The number of halogens is 1. The van der Waals surface area contributed by atoms with E-state index in [1.54, 1.807) is 35.2 Å². The van der Waals surface area contributed by atoms with Crippen LogP contribution >= 0.6 is 11.3 Å². The van der Waals surface area contributed by atoms with Crippen molar-refractivity contribution < 1.29 is 23.9 Å². The Morgan fingerprint density at radius 2 is 1.62 bits per heavy atom. The van der Waals surface area contributed by atoms with Gasteiger partial charge in [-0.15, -0.1) is 11.3 Å². The molecule has 6 nitrogen and oxygen atoms in total. The maximum atomic E-state index is 13.5. The van der Waals surface area contributed by atoms with Crippen molar-refractivity contribution in [3.05, 3.63) is 70.9 Å². The van der Waals surface area contributed by atoms with Crippen LogP contribution in [0.1, 0.15) is 66.5 Å². The monoisotopic (exact) mass is 522 g/mol. The van der Waals surface area contributed by atoms with E-state index in [2.05, 4.69) is 12.2 Å². The topological polar surface area (TPSA) is 86.7 Å². The predicted molar refractivity (Wildman–Crippen MR) is 145 cm³/mol. The molecule has 4 rings (SSSR count). The lowest BCUT2D eigenvalue weighted by atomic mass is 9.82. The molecule has 194 valence electrons. The van der Waals surface area contributed by atoms with Crippen molar-refractivity contribution in [2.24, 2.45) is 11.8 Å². The summed E-state index contributed by atoms with van der Waals surface area (Å²) in [7, 11) is 0. The summed E-state index contributed by atoms with van der Waals surface area (Å²) in [6.45, 7) is 6.02. The molecule has 0 aliphatic heterocycles. The molecule has 2 aromatic carbocycles. The van der Waals surface area contributed by atoms with Gasteiger partial charge in [-0.3, -0.25) is 9.59 Å². The average Bonchev–Trinajstić information content (AvgIpc) is 3.30. The summed E-state index contributed by atoms with van der Waals surface area (Å²) in [5.74, 6) is -1.32. The Bertz CT molecular complexity index is 1280. The van der Waals surface area contributed by atoms with E-state index in [-0.39, 0.29) is 28.7 Å². The molecule has 3 aromatic rings. The van der Waals surface area contributed by atoms with Crippen molar-refractivity contribution in [3.63, 3.8) is 0 Å². The molecule has 0 bridgehead atoms. The molecule has 0 unspecified atom stereocenters. The highest BCUT2D eigenvalue weighted by molar-refractivity contribution is 7.18. The molecular formula is C29H31FN2O4S. The Labute approximate surface area is 220 Å². The van der Waals surface area contributed by atoms with Crippen LogP contribution in [0, 0.1) is 17.7 Å². The van der Waals surface area contributed by atoms with Gasteiger partial charge in [0.25, 0.3) is 5.91 Å². The summed E-state index contributed by atoms with van der Waals surface area (Å²) >= 11 is 1.13. The number of nitrogens with one attached hydrogen (secondary N) is 1. The van der Waals surface area contributed by atoms with Gasteiger partial charge in [-0.2, -0.15) is 0 Å². The number of rotatable bonds is 7. The fraction of sp³-hybridized carbons (Fsp3) is 0.345. The van der Waals surface area contributed by atoms with Gasteiger partial charge in [-0.1, -0.05) is 19.1 Å². The fourth-order valence-corrected chi connectivity index (χ4v) is 5.73. The quantitative estimate of drug-likeness (QED) is 0.347. The molecule has 1 aliphatic rings. The van der Waals surface area contributed by atoms with Gasteiger partial charge in [0.1, 0.15) is 10.7 Å². The van der Waals surface area contributed by atoms with Crippen LogP contribution in [0.15, 0.2) is 54.6 Å². The second-order valence-corrected chi connectivity index (χ2v) is 11.0. The van der Waals surface area contributed by atoms with E-state index in [0.717, 1.165) is 47.5 Å². The normalized spacial score (nSPS) is 17.4. The van der Waals surface area contributed by atoms with Crippen LogP contribution in [0.4, 0.5) is 15.8 Å². The molecule has 8 heteroatoms. The minimum atomic E-state index is -1.06. The number of anilines is 2. The highest BCUT2D eigenvalue weighted by Crippen LogP contribution is 2.40. The van der Waals surface area contributed by atoms with Gasteiger partial charge in [-0.25, -0.2) is 9.18 Å². The van der Waals surface area contributed by atoms with Crippen LogP contribution in [0.3, 0.4) is 0 Å². The van der Waals surface area contributed by atoms with E-state index in [1.807, 2.05) is 13.8 Å². The van der Waals surface area contributed by atoms with Crippen molar-refractivity contribution in [1.82, 2.24) is 0 Å². The molecule has 0 spiro atoms. The third kappa shape index (κ3) is 6.07. The summed E-state index contributed by atoms with van der Waals surface area (Å²) in [5, 5.41) is 12.7. The van der Waals surface area contributed by atoms with E-state index in [1.165, 1.54) is 24.3 Å². The number of thiophene rings is 1. The standard InChI is InChI=1S/C29H31FN2O4S/c1-17(2)32(28(34)21-6-4-18(3)5-7-21)24-16-25(37-26(24)29(35)36)19-10-14-23(15-11-19)31-27(33)20-8-12-22(30)13-9-20/h8-18,21H,4-7H2,1-3H3,(H,31,33)(H,35,36). The number of aromatic carboxylic acids is 1. The number of carbonyl (C=O) groups is 3. The molecule has 0 atom stereocenters. The zero-order chi connectivity index (χ0) is 26.7. The van der Waals surface area contributed by atoms with Crippen LogP contribution in [0.2, 0.25) is 0 Å². The minimum Gasteiger partial charge on any atom is -0.477 e. The summed E-state index contributed by atoms with van der Waals surface area (Å²) in [6.07, 6.45) is 3.67. The van der Waals surface area contributed by atoms with Crippen molar-refractivity contribution in [2.75, 3.05) is 10.2 Å². The first kappa shape index (κ1) is 26.5. The van der Waals surface area contributed by atoms with E-state index in [0.29, 0.717) is 22.9 Å². The second-order valence-electron chi connectivity index (χ2n) is 9.93. The Morgan fingerprint density at radius 3 is 2.19 bits per heavy atom. The van der Waals surface area contributed by atoms with Gasteiger partial charge in [-0.05, 0) is 93.5 Å². The summed E-state index contributed by atoms with van der Waals surface area (Å²) in [4.78, 5) is 40.6. The van der Waals surface area contributed by atoms with E-state index in [4.69, 9.17) is 0 Å². The molecule has 37 heavy (non-hydrogen) atoms. The van der Waals surface area contributed by atoms with Crippen LogP contribution in [-0.2, 0) is 4.79 Å². The second kappa shape index (κ2) is 11.3. The molecule has 2 N–H and O–H groups in total. The van der Waals surface area contributed by atoms with E-state index in [9.17, 15) is 23.9 Å². The molecule has 1 aromatic heterocycles. The predicted octanol–water partition coefficient (Wildman–Crippen LogP) is 7.07. The highest BCUT2D eigenvalue weighted by Gasteiger charge is 2.33. The number of hydrogen-bond acceptors (Lipinski definition) is 4. The highest BCUT2D eigenvalue weighted by atomic mass is 32.1. The number of carboxylic acid groups (broad SMARTS) is 1. The third-order valence-corrected chi connectivity index (χ3v) is 7.98. The fourth-order valence-electron chi connectivity index (χ4n) is 4.73. The molecular weight excluding hydrogens is 491 g/mol. The number of amides is 2. The first-order valence-electron chi connectivity index (χ1n) is 12.5. The largest absolute Gasteiger partial charge is 0.477 e. The number of carbonyl (C=O) groups excluding carboxylic acids is 2. The number of hydrogen-bond donors (Lipinski definition) is 2. The van der Waals surface area contributed by atoms with Gasteiger partial charge < -0.3 is 15.3 Å². The van der Waals surface area contributed by atoms with Crippen LogP contribution in [-0.4, -0.2) is 28.9 Å². The maximum Gasteiger partial charge on any atom is 0.348 e. The van der Waals surface area contributed by atoms with Crippen molar-refractivity contribution in [2.45, 2.75) is 52.5 Å². The molecule has 0 radical (unpaired) electrons. The smallest absolute Gasteiger partial charge is 0.348 e. The first-order chi connectivity index (χ1) is 17.6. The van der Waals surface area contributed by atoms with E-state index >= 15 is 0 Å². The molecule has 1 aliphatic carbocycles. The van der Waals surface area contributed by atoms with Crippen molar-refractivity contribution in [3.8, 4) is 10.4 Å². The summed E-state index contributed by atoms with van der Waals surface area (Å²) in [6, 6.07) is 13.9. The summed E-state index contributed by atoms with van der Waals surface area (Å²) < 4.78 is 13.1. The lowest BCUT2D eigenvalue weighted by Crippen LogP contribution is -2.42. The molecule has 1 heterocycles. The van der Waals surface area contributed by atoms with Gasteiger partial charge in [0, 0.05) is 28.1 Å². The first-order valence-corrected chi connectivity index (χ1v) is 13.3. The lowest BCUT2D eigenvalue weighted by Gasteiger charge is -2.33.